The van der Waals surface area contributed by atoms with Gasteiger partial charge in [0.25, 0.3) is 0 Å². The fraction of sp³-hybridized carbons (Fsp3) is 0.0909. The Morgan fingerprint density at radius 1 is 1.31 bits per heavy atom. The summed E-state index contributed by atoms with van der Waals surface area (Å²) < 4.78 is 2.65. The van der Waals surface area contributed by atoms with Crippen LogP contribution in [-0.4, -0.2) is 5.11 Å². The van der Waals surface area contributed by atoms with Crippen LogP contribution in [0.1, 0.15) is 16.5 Å². The molecule has 1 nitrogen and oxygen atoms in total. The average molecular weight is 430 g/mol. The normalized spacial score (nSPS) is 12.8. The van der Waals surface area contributed by atoms with E-state index in [0.29, 0.717) is 4.34 Å². The Hall–Kier alpha value is 0.380. The van der Waals surface area contributed by atoms with E-state index in [1.807, 2.05) is 30.3 Å². The SMILES string of the molecule is OC(c1ccc(I)cc1)c1cc(Br)c(Cl)s1. The molecule has 0 spiro atoms. The van der Waals surface area contributed by atoms with Crippen molar-refractivity contribution < 1.29 is 5.11 Å². The van der Waals surface area contributed by atoms with E-state index >= 15 is 0 Å². The summed E-state index contributed by atoms with van der Waals surface area (Å²) in [6.45, 7) is 0. The summed E-state index contributed by atoms with van der Waals surface area (Å²) in [5.74, 6) is 0. The van der Waals surface area contributed by atoms with Crippen molar-refractivity contribution in [1.29, 1.82) is 0 Å². The Morgan fingerprint density at radius 3 is 2.44 bits per heavy atom. The Balaban J connectivity index is 2.31. The van der Waals surface area contributed by atoms with Gasteiger partial charge in [0.15, 0.2) is 0 Å². The third-order valence-electron chi connectivity index (χ3n) is 2.12. The number of halogens is 3. The highest BCUT2D eigenvalue weighted by Crippen LogP contribution is 2.37. The van der Waals surface area contributed by atoms with Crippen LogP contribution in [0.25, 0.3) is 0 Å². The predicted molar refractivity (Wildman–Crippen MR) is 80.2 cm³/mol. The van der Waals surface area contributed by atoms with Crippen molar-refractivity contribution >= 4 is 61.5 Å². The molecule has 2 aromatic rings. The molecule has 1 aromatic heterocycles. The summed E-state index contributed by atoms with van der Waals surface area (Å²) in [5.41, 5.74) is 0.880. The standard InChI is InChI=1S/C11H7BrClIOS/c12-8-5-9(16-11(8)13)10(15)6-1-3-7(14)4-2-6/h1-5,10,15H. The summed E-state index contributed by atoms with van der Waals surface area (Å²) in [6, 6.07) is 9.66. The lowest BCUT2D eigenvalue weighted by Gasteiger charge is -2.08. The highest BCUT2D eigenvalue weighted by molar-refractivity contribution is 14.1. The van der Waals surface area contributed by atoms with E-state index in [0.717, 1.165) is 18.5 Å². The van der Waals surface area contributed by atoms with Crippen molar-refractivity contribution in [1.82, 2.24) is 0 Å². The third-order valence-corrected chi connectivity index (χ3v) is 5.37. The Morgan fingerprint density at radius 2 is 1.94 bits per heavy atom. The van der Waals surface area contributed by atoms with Crippen LogP contribution in [-0.2, 0) is 0 Å². The Kier molecular flexibility index (Phi) is 4.29. The van der Waals surface area contributed by atoms with Gasteiger partial charge in [-0.1, -0.05) is 23.7 Å². The van der Waals surface area contributed by atoms with Gasteiger partial charge in [0.05, 0.1) is 0 Å². The van der Waals surface area contributed by atoms with Gasteiger partial charge in [0.2, 0.25) is 0 Å². The van der Waals surface area contributed by atoms with Crippen LogP contribution in [0.2, 0.25) is 4.34 Å². The summed E-state index contributed by atoms with van der Waals surface area (Å²) in [4.78, 5) is 0.845. The molecule has 2 rings (SSSR count). The monoisotopic (exact) mass is 428 g/mol. The molecule has 0 aliphatic carbocycles. The molecule has 5 heteroatoms. The molecule has 1 N–H and O–H groups in total. The van der Waals surface area contributed by atoms with Crippen molar-refractivity contribution in [3.8, 4) is 0 Å². The zero-order valence-corrected chi connectivity index (χ0v) is 13.3. The van der Waals surface area contributed by atoms with Gasteiger partial charge < -0.3 is 5.11 Å². The highest BCUT2D eigenvalue weighted by Gasteiger charge is 2.14. The van der Waals surface area contributed by atoms with Crippen LogP contribution in [0.4, 0.5) is 0 Å². The lowest BCUT2D eigenvalue weighted by Crippen LogP contribution is -1.96. The first-order valence-electron chi connectivity index (χ1n) is 4.46. The molecular weight excluding hydrogens is 422 g/mol. The van der Waals surface area contributed by atoms with Gasteiger partial charge in [-0.3, -0.25) is 0 Å². The lowest BCUT2D eigenvalue weighted by atomic mass is 10.1. The van der Waals surface area contributed by atoms with Crippen LogP contribution in [0.3, 0.4) is 0 Å². The molecule has 1 atom stereocenters. The average Bonchev–Trinajstić information content (AvgIpc) is 2.59. The molecule has 0 aliphatic heterocycles. The first-order valence-corrected chi connectivity index (χ1v) is 7.53. The first kappa shape index (κ1) is 12.8. The van der Waals surface area contributed by atoms with Crippen molar-refractivity contribution in [3.63, 3.8) is 0 Å². The van der Waals surface area contributed by atoms with Gasteiger partial charge >= 0.3 is 0 Å². The van der Waals surface area contributed by atoms with Crippen LogP contribution < -0.4 is 0 Å². The summed E-state index contributed by atoms with van der Waals surface area (Å²) in [5, 5.41) is 10.1. The zero-order valence-electron chi connectivity index (χ0n) is 7.95. The second kappa shape index (κ2) is 5.35. The quantitative estimate of drug-likeness (QED) is 0.677. The van der Waals surface area contributed by atoms with E-state index < -0.39 is 6.10 Å². The molecule has 0 saturated heterocycles. The molecule has 0 fully saturated rings. The summed E-state index contributed by atoms with van der Waals surface area (Å²) in [6.07, 6.45) is -0.606. The Bertz CT molecular complexity index is 478. The lowest BCUT2D eigenvalue weighted by molar-refractivity contribution is 0.224. The molecule has 0 aliphatic rings. The van der Waals surface area contributed by atoms with Crippen LogP contribution in [0, 0.1) is 3.57 Å². The molecule has 1 heterocycles. The van der Waals surface area contributed by atoms with Gasteiger partial charge in [-0.2, -0.15) is 0 Å². The van der Waals surface area contributed by atoms with E-state index in [2.05, 4.69) is 38.5 Å². The van der Waals surface area contributed by atoms with Crippen LogP contribution in [0.5, 0.6) is 0 Å². The molecule has 0 bridgehead atoms. The van der Waals surface area contributed by atoms with Gasteiger partial charge in [0, 0.05) is 12.9 Å². The second-order valence-electron chi connectivity index (χ2n) is 3.22. The molecule has 1 aromatic carbocycles. The topological polar surface area (TPSA) is 20.2 Å². The molecule has 0 amide bonds. The van der Waals surface area contributed by atoms with Crippen molar-refractivity contribution in [2.75, 3.05) is 0 Å². The van der Waals surface area contributed by atoms with Crippen molar-refractivity contribution in [3.05, 3.63) is 53.2 Å². The van der Waals surface area contributed by atoms with E-state index in [-0.39, 0.29) is 0 Å². The molecule has 16 heavy (non-hydrogen) atoms. The number of thiophene rings is 1. The van der Waals surface area contributed by atoms with Gasteiger partial charge in [-0.15, -0.1) is 11.3 Å². The van der Waals surface area contributed by atoms with Gasteiger partial charge in [-0.05, 0) is 62.3 Å². The van der Waals surface area contributed by atoms with Crippen LogP contribution >= 0.6 is 61.5 Å². The minimum absolute atomic E-state index is 0.606. The van der Waals surface area contributed by atoms with E-state index in [1.54, 1.807) is 0 Å². The fourth-order valence-electron chi connectivity index (χ4n) is 1.31. The van der Waals surface area contributed by atoms with Crippen LogP contribution in [0.15, 0.2) is 34.8 Å². The zero-order chi connectivity index (χ0) is 11.7. The summed E-state index contributed by atoms with van der Waals surface area (Å²) in [7, 11) is 0. The fourth-order valence-corrected chi connectivity index (χ4v) is 3.42. The van der Waals surface area contributed by atoms with E-state index in [1.165, 1.54) is 11.3 Å². The van der Waals surface area contributed by atoms with E-state index in [4.69, 9.17) is 11.6 Å². The third kappa shape index (κ3) is 2.79. The minimum atomic E-state index is -0.606. The van der Waals surface area contributed by atoms with E-state index in [9.17, 15) is 5.11 Å². The molecule has 0 radical (unpaired) electrons. The number of aliphatic hydroxyl groups is 1. The maximum atomic E-state index is 10.1. The van der Waals surface area contributed by atoms with Gasteiger partial charge in [0.1, 0.15) is 10.4 Å². The number of hydrogen-bond donors (Lipinski definition) is 1. The highest BCUT2D eigenvalue weighted by atomic mass is 127. The van der Waals surface area contributed by atoms with Crippen molar-refractivity contribution in [2.24, 2.45) is 0 Å². The maximum absolute atomic E-state index is 10.1. The minimum Gasteiger partial charge on any atom is -0.383 e. The Labute approximate surface area is 125 Å². The molecule has 0 saturated carbocycles. The largest absolute Gasteiger partial charge is 0.383 e. The predicted octanol–water partition coefficient (Wildman–Crippen LogP) is 4.85. The summed E-state index contributed by atoms with van der Waals surface area (Å²) >= 11 is 12.9. The smallest absolute Gasteiger partial charge is 0.113 e. The maximum Gasteiger partial charge on any atom is 0.113 e. The van der Waals surface area contributed by atoms with Gasteiger partial charge in [-0.25, -0.2) is 0 Å². The molecule has 1 unspecified atom stereocenters. The number of benzene rings is 1. The molecule has 84 valence electrons. The number of aliphatic hydroxyl groups excluding tert-OH is 1. The number of hydrogen-bond acceptors (Lipinski definition) is 2. The second-order valence-corrected chi connectivity index (χ2v) is 7.01. The molecular formula is C11H7BrClIOS. The van der Waals surface area contributed by atoms with Crippen molar-refractivity contribution in [2.45, 2.75) is 6.10 Å². The number of rotatable bonds is 2. The first-order chi connectivity index (χ1) is 7.58.